The molecule has 1 aliphatic rings. The maximum Gasteiger partial charge on any atom is 0.225 e. The Morgan fingerprint density at radius 3 is 2.56 bits per heavy atom. The molecule has 0 aromatic carbocycles. The molecule has 0 aromatic heterocycles. The molecule has 1 saturated heterocycles. The van der Waals surface area contributed by atoms with Crippen LogP contribution in [0.1, 0.15) is 41.0 Å². The molecule has 1 amide bonds. The van der Waals surface area contributed by atoms with Crippen LogP contribution in [-0.4, -0.2) is 36.6 Å². The number of ether oxygens (including phenoxy) is 1. The van der Waals surface area contributed by atoms with E-state index in [1.54, 1.807) is 0 Å². The van der Waals surface area contributed by atoms with Gasteiger partial charge in [0.05, 0.1) is 12.7 Å². The smallest absolute Gasteiger partial charge is 0.225 e. The van der Waals surface area contributed by atoms with Crippen molar-refractivity contribution in [2.45, 2.75) is 47.1 Å². The van der Waals surface area contributed by atoms with Gasteiger partial charge in [0.1, 0.15) is 0 Å². The van der Waals surface area contributed by atoms with E-state index in [0.29, 0.717) is 6.61 Å². The van der Waals surface area contributed by atoms with Crippen molar-refractivity contribution in [3.05, 3.63) is 0 Å². The first-order valence-electron chi connectivity index (χ1n) is 6.20. The van der Waals surface area contributed by atoms with Gasteiger partial charge in [-0.2, -0.15) is 0 Å². The van der Waals surface area contributed by atoms with E-state index in [1.165, 1.54) is 0 Å². The molecule has 1 heterocycles. The highest BCUT2D eigenvalue weighted by Gasteiger charge is 2.28. The number of carbonyl (C=O) groups is 1. The van der Waals surface area contributed by atoms with E-state index in [9.17, 15) is 4.79 Å². The summed E-state index contributed by atoms with van der Waals surface area (Å²) in [5.41, 5.74) is 0.258. The van der Waals surface area contributed by atoms with E-state index >= 15 is 0 Å². The minimum atomic E-state index is 0.0911. The van der Waals surface area contributed by atoms with Crippen LogP contribution in [0.15, 0.2) is 0 Å². The summed E-state index contributed by atoms with van der Waals surface area (Å²) in [6, 6.07) is 0. The van der Waals surface area contributed by atoms with Crippen LogP contribution in [0.4, 0.5) is 0 Å². The van der Waals surface area contributed by atoms with Gasteiger partial charge in [0.15, 0.2) is 0 Å². The average molecular weight is 227 g/mol. The predicted molar refractivity (Wildman–Crippen MR) is 65.2 cm³/mol. The van der Waals surface area contributed by atoms with Gasteiger partial charge >= 0.3 is 0 Å². The molecule has 0 aliphatic carbocycles. The molecule has 0 bridgehead atoms. The largest absolute Gasteiger partial charge is 0.375 e. The Kier molecular flexibility index (Phi) is 4.36. The Labute approximate surface area is 99.1 Å². The molecule has 0 spiro atoms. The van der Waals surface area contributed by atoms with E-state index in [1.807, 2.05) is 18.7 Å². The van der Waals surface area contributed by atoms with Gasteiger partial charge in [0.2, 0.25) is 5.91 Å². The van der Waals surface area contributed by atoms with Crippen molar-refractivity contribution < 1.29 is 9.53 Å². The van der Waals surface area contributed by atoms with Crippen molar-refractivity contribution in [1.29, 1.82) is 0 Å². The average Bonchev–Trinajstić information content (AvgIpc) is 2.14. The maximum atomic E-state index is 11.9. The number of hydrogen-bond donors (Lipinski definition) is 0. The first-order chi connectivity index (χ1) is 7.29. The summed E-state index contributed by atoms with van der Waals surface area (Å²) < 4.78 is 5.72. The molecule has 0 unspecified atom stereocenters. The third-order valence-corrected chi connectivity index (χ3v) is 2.78. The summed E-state index contributed by atoms with van der Waals surface area (Å²) in [5, 5.41) is 0. The SMILES string of the molecule is CC(C)C(=O)N1CCO[C@H](CC(C)(C)C)C1. The highest BCUT2D eigenvalue weighted by atomic mass is 16.5. The lowest BCUT2D eigenvalue weighted by molar-refractivity contribution is -0.143. The summed E-state index contributed by atoms with van der Waals surface area (Å²) in [6.07, 6.45) is 1.21. The summed E-state index contributed by atoms with van der Waals surface area (Å²) in [6.45, 7) is 12.7. The number of rotatable bonds is 2. The van der Waals surface area contributed by atoms with E-state index in [2.05, 4.69) is 20.8 Å². The van der Waals surface area contributed by atoms with Crippen molar-refractivity contribution in [2.75, 3.05) is 19.7 Å². The highest BCUT2D eigenvalue weighted by molar-refractivity contribution is 5.78. The fourth-order valence-corrected chi connectivity index (χ4v) is 2.09. The fourth-order valence-electron chi connectivity index (χ4n) is 2.09. The van der Waals surface area contributed by atoms with E-state index in [4.69, 9.17) is 4.74 Å². The highest BCUT2D eigenvalue weighted by Crippen LogP contribution is 2.24. The van der Waals surface area contributed by atoms with Crippen LogP contribution in [0, 0.1) is 11.3 Å². The Morgan fingerprint density at radius 2 is 2.06 bits per heavy atom. The quantitative estimate of drug-likeness (QED) is 0.724. The van der Waals surface area contributed by atoms with Crippen LogP contribution in [0.3, 0.4) is 0 Å². The summed E-state index contributed by atoms with van der Waals surface area (Å²) in [4.78, 5) is 13.8. The van der Waals surface area contributed by atoms with Gasteiger partial charge < -0.3 is 9.64 Å². The first-order valence-corrected chi connectivity index (χ1v) is 6.20. The van der Waals surface area contributed by atoms with Crippen LogP contribution >= 0.6 is 0 Å². The van der Waals surface area contributed by atoms with Crippen molar-refractivity contribution in [1.82, 2.24) is 4.90 Å². The van der Waals surface area contributed by atoms with Gasteiger partial charge in [-0.25, -0.2) is 0 Å². The van der Waals surface area contributed by atoms with E-state index in [-0.39, 0.29) is 23.3 Å². The summed E-state index contributed by atoms with van der Waals surface area (Å²) in [5.74, 6) is 0.343. The van der Waals surface area contributed by atoms with Crippen LogP contribution in [0.2, 0.25) is 0 Å². The Hall–Kier alpha value is -0.570. The third kappa shape index (κ3) is 4.12. The molecule has 94 valence electrons. The Morgan fingerprint density at radius 1 is 1.44 bits per heavy atom. The zero-order chi connectivity index (χ0) is 12.3. The van der Waals surface area contributed by atoms with Crippen molar-refractivity contribution in [2.24, 2.45) is 11.3 Å². The zero-order valence-electron chi connectivity index (χ0n) is 11.2. The Balaban J connectivity index is 2.50. The topological polar surface area (TPSA) is 29.5 Å². The van der Waals surface area contributed by atoms with Gasteiger partial charge in [-0.3, -0.25) is 4.79 Å². The number of carbonyl (C=O) groups excluding carboxylic acids is 1. The standard InChI is InChI=1S/C13H25NO2/c1-10(2)12(15)14-6-7-16-11(9-14)8-13(3,4)5/h10-11H,6-9H2,1-5H3/t11-/m1/s1. The van der Waals surface area contributed by atoms with Crippen LogP contribution in [-0.2, 0) is 9.53 Å². The lowest BCUT2D eigenvalue weighted by Crippen LogP contribution is -2.47. The van der Waals surface area contributed by atoms with Crippen LogP contribution in [0.5, 0.6) is 0 Å². The minimum Gasteiger partial charge on any atom is -0.375 e. The molecule has 1 atom stereocenters. The second kappa shape index (κ2) is 5.17. The number of morpholine rings is 1. The summed E-state index contributed by atoms with van der Waals surface area (Å²) in [7, 11) is 0. The maximum absolute atomic E-state index is 11.9. The third-order valence-electron chi connectivity index (χ3n) is 2.78. The van der Waals surface area contributed by atoms with E-state index < -0.39 is 0 Å². The fraction of sp³-hybridized carbons (Fsp3) is 0.923. The van der Waals surface area contributed by atoms with Gasteiger partial charge in [0, 0.05) is 19.0 Å². The van der Waals surface area contributed by atoms with Crippen LogP contribution in [0.25, 0.3) is 0 Å². The minimum absolute atomic E-state index is 0.0911. The Bertz CT molecular complexity index is 243. The molecule has 0 saturated carbocycles. The van der Waals surface area contributed by atoms with Crippen molar-refractivity contribution in [3.8, 4) is 0 Å². The number of amides is 1. The molecule has 3 nitrogen and oxygen atoms in total. The molecule has 0 radical (unpaired) electrons. The lowest BCUT2D eigenvalue weighted by atomic mass is 9.88. The molecule has 1 fully saturated rings. The molecule has 0 N–H and O–H groups in total. The second-order valence-corrected chi connectivity index (χ2v) is 6.20. The molecular weight excluding hydrogens is 202 g/mol. The van der Waals surface area contributed by atoms with Gasteiger partial charge in [-0.15, -0.1) is 0 Å². The lowest BCUT2D eigenvalue weighted by Gasteiger charge is -2.36. The summed E-state index contributed by atoms with van der Waals surface area (Å²) >= 11 is 0. The van der Waals surface area contributed by atoms with Gasteiger partial charge in [-0.1, -0.05) is 34.6 Å². The number of hydrogen-bond acceptors (Lipinski definition) is 2. The van der Waals surface area contributed by atoms with Gasteiger partial charge in [-0.05, 0) is 11.8 Å². The monoisotopic (exact) mass is 227 g/mol. The molecule has 16 heavy (non-hydrogen) atoms. The molecule has 1 aliphatic heterocycles. The van der Waals surface area contributed by atoms with E-state index in [0.717, 1.165) is 19.5 Å². The number of nitrogens with zero attached hydrogens (tertiary/aromatic N) is 1. The second-order valence-electron chi connectivity index (χ2n) is 6.20. The zero-order valence-corrected chi connectivity index (χ0v) is 11.2. The normalized spacial score (nSPS) is 22.6. The molecule has 0 aromatic rings. The van der Waals surface area contributed by atoms with Crippen molar-refractivity contribution in [3.63, 3.8) is 0 Å². The van der Waals surface area contributed by atoms with Gasteiger partial charge in [0.25, 0.3) is 0 Å². The molecule has 3 heteroatoms. The molecular formula is C13H25NO2. The first kappa shape index (κ1) is 13.5. The van der Waals surface area contributed by atoms with Crippen LogP contribution < -0.4 is 0 Å². The predicted octanol–water partition coefficient (Wildman–Crippen LogP) is 2.31. The van der Waals surface area contributed by atoms with Crippen molar-refractivity contribution >= 4 is 5.91 Å². The molecule has 1 rings (SSSR count).